The van der Waals surface area contributed by atoms with E-state index < -0.39 is 0 Å². The lowest BCUT2D eigenvalue weighted by atomic mass is 10.2. The highest BCUT2D eigenvalue weighted by Gasteiger charge is 2.08. The summed E-state index contributed by atoms with van der Waals surface area (Å²) in [4.78, 5) is 8.55. The summed E-state index contributed by atoms with van der Waals surface area (Å²) in [5.41, 5.74) is 7.46. The minimum atomic E-state index is 0.261. The molecule has 0 aromatic carbocycles. The molecule has 3 N–H and O–H groups in total. The van der Waals surface area contributed by atoms with Crippen molar-refractivity contribution in [3.05, 3.63) is 23.8 Å². The Kier molecular flexibility index (Phi) is 5.21. The van der Waals surface area contributed by atoms with Gasteiger partial charge >= 0.3 is 0 Å². The third-order valence-corrected chi connectivity index (χ3v) is 2.41. The number of rotatable bonds is 6. The molecule has 1 aromatic heterocycles. The monoisotopic (exact) mass is 208 g/mol. The number of nitrogens with one attached hydrogen (secondary N) is 1. The molecule has 0 spiro atoms. The van der Waals surface area contributed by atoms with Gasteiger partial charge in [-0.3, -0.25) is 9.97 Å². The molecule has 4 nitrogen and oxygen atoms in total. The molecule has 0 aliphatic carbocycles. The van der Waals surface area contributed by atoms with E-state index in [1.54, 1.807) is 12.4 Å². The minimum Gasteiger partial charge on any atom is -0.330 e. The van der Waals surface area contributed by atoms with Gasteiger partial charge in [-0.05, 0) is 39.8 Å². The van der Waals surface area contributed by atoms with Crippen LogP contribution in [0.1, 0.15) is 37.2 Å². The van der Waals surface area contributed by atoms with Crippen molar-refractivity contribution in [2.24, 2.45) is 5.73 Å². The molecule has 0 saturated carbocycles. The lowest BCUT2D eigenvalue weighted by Gasteiger charge is -2.14. The Balaban J connectivity index is 2.40. The van der Waals surface area contributed by atoms with Crippen LogP contribution >= 0.6 is 0 Å². The molecule has 0 fully saturated rings. The normalized spacial score (nSPS) is 12.7. The smallest absolute Gasteiger partial charge is 0.0782 e. The zero-order valence-corrected chi connectivity index (χ0v) is 9.53. The molecule has 15 heavy (non-hydrogen) atoms. The van der Waals surface area contributed by atoms with E-state index >= 15 is 0 Å². The number of unbranched alkanes of at least 4 members (excludes halogenated alkanes) is 1. The third-order valence-electron chi connectivity index (χ3n) is 2.41. The predicted molar refractivity (Wildman–Crippen MR) is 61.5 cm³/mol. The molecule has 0 amide bonds. The predicted octanol–water partition coefficient (Wildman–Crippen LogP) is 1.17. The molecule has 1 atom stereocenters. The second-order valence-electron chi connectivity index (χ2n) is 3.70. The Bertz CT molecular complexity index is 288. The van der Waals surface area contributed by atoms with Gasteiger partial charge in [-0.1, -0.05) is 0 Å². The quantitative estimate of drug-likeness (QED) is 0.689. The van der Waals surface area contributed by atoms with Gasteiger partial charge in [0.25, 0.3) is 0 Å². The average Bonchev–Trinajstić information content (AvgIpc) is 2.25. The topological polar surface area (TPSA) is 63.8 Å². The highest BCUT2D eigenvalue weighted by Crippen LogP contribution is 2.11. The largest absolute Gasteiger partial charge is 0.330 e. The fourth-order valence-corrected chi connectivity index (χ4v) is 1.53. The zero-order chi connectivity index (χ0) is 11.1. The lowest BCUT2D eigenvalue weighted by molar-refractivity contribution is 0.534. The summed E-state index contributed by atoms with van der Waals surface area (Å²) in [6, 6.07) is 0.261. The van der Waals surface area contributed by atoms with Gasteiger partial charge in [-0.2, -0.15) is 0 Å². The molecular weight excluding hydrogens is 188 g/mol. The summed E-state index contributed by atoms with van der Waals surface area (Å²) < 4.78 is 0. The van der Waals surface area contributed by atoms with Gasteiger partial charge in [0, 0.05) is 18.4 Å². The first kappa shape index (κ1) is 12.1. The van der Waals surface area contributed by atoms with Crippen LogP contribution in [0.5, 0.6) is 0 Å². The van der Waals surface area contributed by atoms with Crippen molar-refractivity contribution in [3.63, 3.8) is 0 Å². The fourth-order valence-electron chi connectivity index (χ4n) is 1.53. The van der Waals surface area contributed by atoms with E-state index in [0.717, 1.165) is 37.3 Å². The molecule has 4 heteroatoms. The summed E-state index contributed by atoms with van der Waals surface area (Å²) >= 11 is 0. The lowest BCUT2D eigenvalue weighted by Crippen LogP contribution is -2.22. The standard InChI is InChI=1S/C11H20N4/c1-9(13-6-4-3-5-12)11-10(2)14-7-8-15-11/h7-9,13H,3-6,12H2,1-2H3. The van der Waals surface area contributed by atoms with E-state index in [9.17, 15) is 0 Å². The molecular formula is C11H20N4. The van der Waals surface area contributed by atoms with Crippen molar-refractivity contribution in [1.29, 1.82) is 0 Å². The van der Waals surface area contributed by atoms with E-state index in [4.69, 9.17) is 5.73 Å². The molecule has 84 valence electrons. The Morgan fingerprint density at radius 2 is 2.07 bits per heavy atom. The Morgan fingerprint density at radius 1 is 1.33 bits per heavy atom. The van der Waals surface area contributed by atoms with Crippen molar-refractivity contribution in [2.75, 3.05) is 13.1 Å². The second-order valence-corrected chi connectivity index (χ2v) is 3.70. The summed E-state index contributed by atoms with van der Waals surface area (Å²) in [7, 11) is 0. The average molecular weight is 208 g/mol. The van der Waals surface area contributed by atoms with E-state index in [0.29, 0.717) is 0 Å². The minimum absolute atomic E-state index is 0.261. The van der Waals surface area contributed by atoms with Crippen LogP contribution in [0.2, 0.25) is 0 Å². The highest BCUT2D eigenvalue weighted by atomic mass is 14.9. The summed E-state index contributed by atoms with van der Waals surface area (Å²) in [5.74, 6) is 0. The number of nitrogens with zero attached hydrogens (tertiary/aromatic N) is 2. The molecule has 0 aliphatic heterocycles. The van der Waals surface area contributed by atoms with Gasteiger partial charge in [0.2, 0.25) is 0 Å². The maximum Gasteiger partial charge on any atom is 0.0782 e. The Labute approximate surface area is 91.3 Å². The van der Waals surface area contributed by atoms with Gasteiger partial charge in [-0.25, -0.2) is 0 Å². The van der Waals surface area contributed by atoms with Crippen molar-refractivity contribution in [2.45, 2.75) is 32.7 Å². The Hall–Kier alpha value is -1.00. The van der Waals surface area contributed by atoms with E-state index in [-0.39, 0.29) is 6.04 Å². The van der Waals surface area contributed by atoms with Crippen molar-refractivity contribution < 1.29 is 0 Å². The summed E-state index contributed by atoms with van der Waals surface area (Å²) in [6.07, 6.45) is 5.64. The molecule has 1 heterocycles. The van der Waals surface area contributed by atoms with Crippen LogP contribution in [0, 0.1) is 6.92 Å². The zero-order valence-electron chi connectivity index (χ0n) is 9.53. The molecule has 1 rings (SSSR count). The molecule has 0 aliphatic rings. The Morgan fingerprint density at radius 3 is 2.73 bits per heavy atom. The van der Waals surface area contributed by atoms with Crippen LogP contribution in [0.15, 0.2) is 12.4 Å². The van der Waals surface area contributed by atoms with Crippen LogP contribution < -0.4 is 11.1 Å². The molecule has 0 bridgehead atoms. The van der Waals surface area contributed by atoms with Gasteiger partial charge in [-0.15, -0.1) is 0 Å². The molecule has 0 saturated heterocycles. The fraction of sp³-hybridized carbons (Fsp3) is 0.636. The third kappa shape index (κ3) is 3.93. The van der Waals surface area contributed by atoms with E-state index in [1.807, 2.05) is 6.92 Å². The van der Waals surface area contributed by atoms with Crippen LogP contribution in [-0.2, 0) is 0 Å². The number of hydrogen-bond donors (Lipinski definition) is 2. The van der Waals surface area contributed by atoms with E-state index in [1.165, 1.54) is 0 Å². The number of aryl methyl sites for hydroxylation is 1. The van der Waals surface area contributed by atoms with Crippen LogP contribution in [-0.4, -0.2) is 23.1 Å². The van der Waals surface area contributed by atoms with Gasteiger partial charge < -0.3 is 11.1 Å². The number of hydrogen-bond acceptors (Lipinski definition) is 4. The summed E-state index contributed by atoms with van der Waals surface area (Å²) in [6.45, 7) is 5.84. The van der Waals surface area contributed by atoms with Crippen molar-refractivity contribution in [1.82, 2.24) is 15.3 Å². The molecule has 1 unspecified atom stereocenters. The SMILES string of the molecule is Cc1nccnc1C(C)NCCCCN. The maximum absolute atomic E-state index is 5.43. The first-order chi connectivity index (χ1) is 7.25. The first-order valence-electron chi connectivity index (χ1n) is 5.46. The van der Waals surface area contributed by atoms with Gasteiger partial charge in [0.15, 0.2) is 0 Å². The van der Waals surface area contributed by atoms with Crippen LogP contribution in [0.4, 0.5) is 0 Å². The number of aromatic nitrogens is 2. The van der Waals surface area contributed by atoms with Gasteiger partial charge in [0.1, 0.15) is 0 Å². The van der Waals surface area contributed by atoms with E-state index in [2.05, 4.69) is 22.2 Å². The second kappa shape index (κ2) is 6.48. The first-order valence-corrected chi connectivity index (χ1v) is 5.46. The van der Waals surface area contributed by atoms with Crippen LogP contribution in [0.25, 0.3) is 0 Å². The summed E-state index contributed by atoms with van der Waals surface area (Å²) in [5, 5.41) is 3.42. The molecule has 1 aromatic rings. The highest BCUT2D eigenvalue weighted by molar-refractivity contribution is 5.12. The van der Waals surface area contributed by atoms with Crippen LogP contribution in [0.3, 0.4) is 0 Å². The maximum atomic E-state index is 5.43. The van der Waals surface area contributed by atoms with Gasteiger partial charge in [0.05, 0.1) is 11.4 Å². The van der Waals surface area contributed by atoms with Crippen molar-refractivity contribution >= 4 is 0 Å². The number of nitrogens with two attached hydrogens (primary N) is 1. The molecule has 0 radical (unpaired) electrons. The van der Waals surface area contributed by atoms with Crippen molar-refractivity contribution in [3.8, 4) is 0 Å².